The van der Waals surface area contributed by atoms with E-state index in [1.807, 2.05) is 31.2 Å². The van der Waals surface area contributed by atoms with Gasteiger partial charge < -0.3 is 4.74 Å². The van der Waals surface area contributed by atoms with Crippen molar-refractivity contribution in [3.63, 3.8) is 0 Å². The summed E-state index contributed by atoms with van der Waals surface area (Å²) in [4.78, 5) is 31.4. The molecule has 3 aromatic rings. The number of hydrogen-bond acceptors (Lipinski definition) is 5. The summed E-state index contributed by atoms with van der Waals surface area (Å²) in [6.07, 6.45) is 5.59. The van der Waals surface area contributed by atoms with E-state index in [2.05, 4.69) is 32.7 Å². The van der Waals surface area contributed by atoms with E-state index in [9.17, 15) is 9.59 Å². The molecule has 2 aromatic heterocycles. The zero-order valence-electron chi connectivity index (χ0n) is 16.8. The highest BCUT2D eigenvalue weighted by Gasteiger charge is 2.26. The van der Waals surface area contributed by atoms with E-state index in [-0.39, 0.29) is 11.5 Å². The van der Waals surface area contributed by atoms with E-state index >= 15 is 0 Å². The Morgan fingerprint density at radius 1 is 1.30 bits per heavy atom. The van der Waals surface area contributed by atoms with Gasteiger partial charge in [-0.3, -0.25) is 9.89 Å². The number of rotatable bonds is 5. The summed E-state index contributed by atoms with van der Waals surface area (Å²) in [5.41, 5.74) is 3.44. The van der Waals surface area contributed by atoms with Crippen molar-refractivity contribution in [3.05, 3.63) is 65.5 Å². The van der Waals surface area contributed by atoms with Gasteiger partial charge in [-0.25, -0.2) is 14.5 Å². The number of carbonyl (C=O) groups is 1. The Labute approximate surface area is 192 Å². The summed E-state index contributed by atoms with van der Waals surface area (Å²) in [7, 11) is 0. The van der Waals surface area contributed by atoms with Crippen LogP contribution in [-0.4, -0.2) is 28.6 Å². The van der Waals surface area contributed by atoms with Crippen LogP contribution in [0.3, 0.4) is 0 Å². The number of carbonyl (C=O) groups excluding carboxylic acids is 1. The van der Waals surface area contributed by atoms with E-state index < -0.39 is 0 Å². The second-order valence-electron chi connectivity index (χ2n) is 7.14. The Hall–Kier alpha value is -2.20. The highest BCUT2D eigenvalue weighted by molar-refractivity contribution is 14.1. The third-order valence-electron chi connectivity index (χ3n) is 5.15. The van der Waals surface area contributed by atoms with Crippen LogP contribution in [0, 0.1) is 10.5 Å². The number of nitrogens with one attached hydrogen (secondary N) is 1. The Bertz CT molecular complexity index is 1170. The number of thiophene rings is 1. The fourth-order valence-corrected chi connectivity index (χ4v) is 5.24. The van der Waals surface area contributed by atoms with Gasteiger partial charge in [0.05, 0.1) is 23.4 Å². The first-order valence-electron chi connectivity index (χ1n) is 9.93. The number of aromatic amines is 1. The van der Waals surface area contributed by atoms with Gasteiger partial charge in [0.1, 0.15) is 5.00 Å². The van der Waals surface area contributed by atoms with Crippen molar-refractivity contribution >= 4 is 51.1 Å². The first-order chi connectivity index (χ1) is 14.5. The standard InChI is InChI=1S/C22H22IN3O3S/c1-3-29-22(28)19-16-6-4-5-7-18(16)30-20(19)24-12-17-13(2)25-26(21(17)27)15-10-8-14(23)9-11-15/h8-12,25H,3-7H2,1-2H3/b24-12+. The van der Waals surface area contributed by atoms with Crippen LogP contribution in [0.25, 0.3) is 5.69 Å². The Morgan fingerprint density at radius 2 is 2.03 bits per heavy atom. The minimum absolute atomic E-state index is 0.170. The number of H-pyrrole nitrogens is 1. The molecule has 0 bridgehead atoms. The predicted molar refractivity (Wildman–Crippen MR) is 128 cm³/mol. The lowest BCUT2D eigenvalue weighted by Crippen LogP contribution is -2.17. The first kappa shape index (κ1) is 21.0. The van der Waals surface area contributed by atoms with Gasteiger partial charge in [0, 0.05) is 20.4 Å². The summed E-state index contributed by atoms with van der Waals surface area (Å²) >= 11 is 3.76. The van der Waals surface area contributed by atoms with Crippen molar-refractivity contribution in [2.45, 2.75) is 39.5 Å². The SMILES string of the molecule is CCOC(=O)c1c(/N=C/c2c(C)[nH]n(-c3ccc(I)cc3)c2=O)sc2c1CCCC2. The molecule has 0 atom stereocenters. The second-order valence-corrected chi connectivity index (χ2v) is 9.47. The van der Waals surface area contributed by atoms with E-state index in [0.717, 1.165) is 46.2 Å². The zero-order chi connectivity index (χ0) is 21.3. The number of hydrogen-bond donors (Lipinski definition) is 1. The summed E-state index contributed by atoms with van der Waals surface area (Å²) in [6.45, 7) is 3.97. The molecule has 0 fully saturated rings. The van der Waals surface area contributed by atoms with Crippen LogP contribution >= 0.6 is 33.9 Å². The lowest BCUT2D eigenvalue weighted by molar-refractivity contribution is 0.0526. The molecular weight excluding hydrogens is 513 g/mol. The molecule has 2 heterocycles. The van der Waals surface area contributed by atoms with Gasteiger partial charge in [-0.15, -0.1) is 11.3 Å². The van der Waals surface area contributed by atoms with Crippen molar-refractivity contribution in [2.75, 3.05) is 6.61 Å². The number of esters is 1. The van der Waals surface area contributed by atoms with Gasteiger partial charge in [0.2, 0.25) is 0 Å². The average Bonchev–Trinajstić information content (AvgIpc) is 3.24. The highest BCUT2D eigenvalue weighted by atomic mass is 127. The van der Waals surface area contributed by atoms with Crippen LogP contribution in [0.2, 0.25) is 0 Å². The van der Waals surface area contributed by atoms with Gasteiger partial charge in [-0.1, -0.05) is 0 Å². The Kier molecular flexibility index (Phi) is 6.24. The first-order valence-corrected chi connectivity index (χ1v) is 11.8. The molecule has 0 unspecified atom stereocenters. The van der Waals surface area contributed by atoms with Crippen LogP contribution in [0.15, 0.2) is 34.1 Å². The third-order valence-corrected chi connectivity index (χ3v) is 7.06. The molecule has 1 aliphatic carbocycles. The highest BCUT2D eigenvalue weighted by Crippen LogP contribution is 2.40. The van der Waals surface area contributed by atoms with Crippen LogP contribution < -0.4 is 5.56 Å². The number of aliphatic imine (C=N–C) groups is 1. The smallest absolute Gasteiger partial charge is 0.341 e. The predicted octanol–water partition coefficient (Wildman–Crippen LogP) is 4.95. The van der Waals surface area contributed by atoms with E-state index in [0.29, 0.717) is 22.7 Å². The number of nitrogens with zero attached hydrogens (tertiary/aromatic N) is 2. The van der Waals surface area contributed by atoms with Gasteiger partial charge in [0.15, 0.2) is 0 Å². The summed E-state index contributed by atoms with van der Waals surface area (Å²) < 4.78 is 7.90. The molecule has 1 aromatic carbocycles. The molecule has 30 heavy (non-hydrogen) atoms. The zero-order valence-corrected chi connectivity index (χ0v) is 19.8. The van der Waals surface area contributed by atoms with E-state index in [1.165, 1.54) is 20.9 Å². The van der Waals surface area contributed by atoms with E-state index in [1.54, 1.807) is 13.1 Å². The largest absolute Gasteiger partial charge is 0.462 e. The molecule has 0 radical (unpaired) electrons. The molecular formula is C22H22IN3O3S. The van der Waals surface area contributed by atoms with Crippen molar-refractivity contribution < 1.29 is 9.53 Å². The van der Waals surface area contributed by atoms with Crippen LogP contribution in [0.1, 0.15) is 51.8 Å². The molecule has 4 rings (SSSR count). The maximum atomic E-state index is 13.0. The normalized spacial score (nSPS) is 13.6. The summed E-state index contributed by atoms with van der Waals surface area (Å²) in [5.74, 6) is -0.328. The molecule has 0 saturated heterocycles. The second kappa shape index (κ2) is 8.89. The quantitative estimate of drug-likeness (QED) is 0.286. The van der Waals surface area contributed by atoms with Crippen molar-refractivity contribution in [1.82, 2.24) is 9.78 Å². The topological polar surface area (TPSA) is 76.4 Å². The van der Waals surface area contributed by atoms with Gasteiger partial charge in [0.25, 0.3) is 5.56 Å². The fourth-order valence-electron chi connectivity index (χ4n) is 3.66. The Morgan fingerprint density at radius 3 is 2.77 bits per heavy atom. The summed E-state index contributed by atoms with van der Waals surface area (Å²) in [6, 6.07) is 7.69. The molecule has 0 amide bonds. The molecule has 0 spiro atoms. The monoisotopic (exact) mass is 535 g/mol. The number of ether oxygens (including phenoxy) is 1. The molecule has 0 saturated carbocycles. The van der Waals surface area contributed by atoms with Crippen molar-refractivity contribution in [3.8, 4) is 5.69 Å². The minimum Gasteiger partial charge on any atom is -0.462 e. The summed E-state index contributed by atoms with van der Waals surface area (Å²) in [5, 5.41) is 3.74. The lowest BCUT2D eigenvalue weighted by atomic mass is 9.95. The number of benzene rings is 1. The lowest BCUT2D eigenvalue weighted by Gasteiger charge is -2.11. The Balaban J connectivity index is 1.73. The number of halogens is 1. The van der Waals surface area contributed by atoms with E-state index in [4.69, 9.17) is 4.74 Å². The molecule has 1 aliphatic rings. The number of aromatic nitrogens is 2. The fraction of sp³-hybridized carbons (Fsp3) is 0.318. The molecule has 156 valence electrons. The number of aryl methyl sites for hydroxylation is 2. The van der Waals surface area contributed by atoms with Crippen LogP contribution in [-0.2, 0) is 17.6 Å². The number of fused-ring (bicyclic) bond motifs is 1. The van der Waals surface area contributed by atoms with Gasteiger partial charge in [-0.2, -0.15) is 0 Å². The van der Waals surface area contributed by atoms with Crippen LogP contribution in [0.5, 0.6) is 0 Å². The van der Waals surface area contributed by atoms with Gasteiger partial charge >= 0.3 is 5.97 Å². The molecule has 0 aliphatic heterocycles. The van der Waals surface area contributed by atoms with Gasteiger partial charge in [-0.05, 0) is 92.0 Å². The van der Waals surface area contributed by atoms with Crippen molar-refractivity contribution in [2.24, 2.45) is 4.99 Å². The molecule has 6 nitrogen and oxygen atoms in total. The minimum atomic E-state index is -0.328. The maximum absolute atomic E-state index is 13.0. The van der Waals surface area contributed by atoms with Crippen molar-refractivity contribution in [1.29, 1.82) is 0 Å². The third kappa shape index (κ3) is 4.02. The maximum Gasteiger partial charge on any atom is 0.341 e. The average molecular weight is 535 g/mol. The molecule has 8 heteroatoms. The van der Waals surface area contributed by atoms with Crippen LogP contribution in [0.4, 0.5) is 5.00 Å². The molecule has 1 N–H and O–H groups in total.